The first-order valence-corrected chi connectivity index (χ1v) is 6.69. The average molecular weight is 278 g/mol. The number of anilines is 1. The van der Waals surface area contributed by atoms with Crippen molar-refractivity contribution in [3.8, 4) is 5.75 Å². The largest absolute Gasteiger partial charge is 0.489 e. The van der Waals surface area contributed by atoms with E-state index in [4.69, 9.17) is 9.47 Å². The van der Waals surface area contributed by atoms with Crippen molar-refractivity contribution in [1.29, 1.82) is 0 Å². The molecule has 1 aromatic carbocycles. The van der Waals surface area contributed by atoms with Crippen LogP contribution in [0.2, 0.25) is 0 Å². The highest BCUT2D eigenvalue weighted by Gasteiger charge is 2.04. The first kappa shape index (κ1) is 16.0. The lowest BCUT2D eigenvalue weighted by molar-refractivity contribution is -0.119. The van der Waals surface area contributed by atoms with Crippen LogP contribution in [-0.4, -0.2) is 38.8 Å². The Hall–Kier alpha value is -2.01. The van der Waals surface area contributed by atoms with E-state index in [0.29, 0.717) is 32.1 Å². The Morgan fingerprint density at radius 2 is 2.15 bits per heavy atom. The maximum atomic E-state index is 11.5. The van der Waals surface area contributed by atoms with Crippen molar-refractivity contribution >= 4 is 11.6 Å². The van der Waals surface area contributed by atoms with Crippen molar-refractivity contribution in [2.24, 2.45) is 0 Å². The third kappa shape index (κ3) is 6.24. The second-order valence-corrected chi connectivity index (χ2v) is 3.99. The minimum Gasteiger partial charge on any atom is -0.489 e. The summed E-state index contributed by atoms with van der Waals surface area (Å²) in [5, 5.41) is 5.75. The van der Waals surface area contributed by atoms with E-state index in [0.717, 1.165) is 5.69 Å². The molecule has 0 aliphatic rings. The second kappa shape index (κ2) is 9.86. The predicted octanol–water partition coefficient (Wildman–Crippen LogP) is 1.82. The fourth-order valence-corrected chi connectivity index (χ4v) is 1.52. The Labute approximate surface area is 120 Å². The fraction of sp³-hybridized carbons (Fsp3) is 0.400. The lowest BCUT2D eigenvalue weighted by Gasteiger charge is -2.13. The van der Waals surface area contributed by atoms with E-state index in [1.54, 1.807) is 6.08 Å². The van der Waals surface area contributed by atoms with Crippen LogP contribution in [0.1, 0.15) is 6.92 Å². The van der Waals surface area contributed by atoms with Crippen molar-refractivity contribution in [3.05, 3.63) is 36.9 Å². The zero-order valence-corrected chi connectivity index (χ0v) is 11.9. The average Bonchev–Trinajstić information content (AvgIpc) is 2.48. The van der Waals surface area contributed by atoms with Crippen LogP contribution in [-0.2, 0) is 9.53 Å². The Kier molecular flexibility index (Phi) is 7.91. The van der Waals surface area contributed by atoms with Gasteiger partial charge in [-0.3, -0.25) is 4.79 Å². The summed E-state index contributed by atoms with van der Waals surface area (Å²) in [7, 11) is 0. The van der Waals surface area contributed by atoms with E-state index in [9.17, 15) is 4.79 Å². The number of para-hydroxylation sites is 2. The summed E-state index contributed by atoms with van der Waals surface area (Å²) in [6.07, 6.45) is 1.64. The smallest absolute Gasteiger partial charge is 0.239 e. The van der Waals surface area contributed by atoms with Gasteiger partial charge < -0.3 is 20.1 Å². The molecule has 1 amide bonds. The summed E-state index contributed by atoms with van der Waals surface area (Å²) >= 11 is 0. The van der Waals surface area contributed by atoms with Gasteiger partial charge in [-0.05, 0) is 19.1 Å². The summed E-state index contributed by atoms with van der Waals surface area (Å²) in [4.78, 5) is 11.5. The number of carbonyl (C=O) groups excluding carboxylic acids is 1. The molecule has 1 aromatic rings. The van der Waals surface area contributed by atoms with Gasteiger partial charge in [-0.1, -0.05) is 18.2 Å². The molecule has 0 radical (unpaired) electrons. The SMILES string of the molecule is C=CCNC(=O)CNc1ccccc1OCCOCC. The van der Waals surface area contributed by atoms with Crippen LogP contribution in [0.15, 0.2) is 36.9 Å². The molecule has 0 atom stereocenters. The number of carbonyl (C=O) groups is 1. The van der Waals surface area contributed by atoms with Gasteiger partial charge in [0.2, 0.25) is 5.91 Å². The van der Waals surface area contributed by atoms with E-state index >= 15 is 0 Å². The summed E-state index contributed by atoms with van der Waals surface area (Å²) in [5.74, 6) is 0.623. The molecule has 110 valence electrons. The first-order valence-electron chi connectivity index (χ1n) is 6.69. The van der Waals surface area contributed by atoms with Gasteiger partial charge in [0, 0.05) is 13.2 Å². The monoisotopic (exact) mass is 278 g/mol. The van der Waals surface area contributed by atoms with Crippen molar-refractivity contribution in [3.63, 3.8) is 0 Å². The van der Waals surface area contributed by atoms with Crippen LogP contribution in [0.3, 0.4) is 0 Å². The summed E-state index contributed by atoms with van der Waals surface area (Å²) < 4.78 is 10.8. The molecule has 0 aliphatic carbocycles. The lowest BCUT2D eigenvalue weighted by Crippen LogP contribution is -2.29. The van der Waals surface area contributed by atoms with E-state index in [1.165, 1.54) is 0 Å². The van der Waals surface area contributed by atoms with Gasteiger partial charge in [-0.25, -0.2) is 0 Å². The number of hydrogen-bond donors (Lipinski definition) is 2. The van der Waals surface area contributed by atoms with Crippen molar-refractivity contribution < 1.29 is 14.3 Å². The molecule has 2 N–H and O–H groups in total. The van der Waals surface area contributed by atoms with Crippen molar-refractivity contribution in [2.75, 3.05) is 38.2 Å². The van der Waals surface area contributed by atoms with Gasteiger partial charge in [-0.2, -0.15) is 0 Å². The number of nitrogens with one attached hydrogen (secondary N) is 2. The molecule has 0 aliphatic heterocycles. The molecular formula is C15H22N2O3. The van der Waals surface area contributed by atoms with Gasteiger partial charge in [0.05, 0.1) is 18.8 Å². The van der Waals surface area contributed by atoms with E-state index in [1.807, 2.05) is 31.2 Å². The van der Waals surface area contributed by atoms with Crippen LogP contribution in [0.25, 0.3) is 0 Å². The van der Waals surface area contributed by atoms with Crippen LogP contribution < -0.4 is 15.4 Å². The van der Waals surface area contributed by atoms with Crippen LogP contribution in [0.4, 0.5) is 5.69 Å². The Morgan fingerprint density at radius 3 is 2.90 bits per heavy atom. The Bertz CT molecular complexity index is 421. The molecule has 5 nitrogen and oxygen atoms in total. The molecule has 20 heavy (non-hydrogen) atoms. The number of benzene rings is 1. The fourth-order valence-electron chi connectivity index (χ4n) is 1.52. The van der Waals surface area contributed by atoms with Gasteiger partial charge >= 0.3 is 0 Å². The summed E-state index contributed by atoms with van der Waals surface area (Å²) in [6.45, 7) is 7.85. The molecule has 0 spiro atoms. The van der Waals surface area contributed by atoms with Crippen molar-refractivity contribution in [1.82, 2.24) is 5.32 Å². The maximum absolute atomic E-state index is 11.5. The van der Waals surface area contributed by atoms with Gasteiger partial charge in [0.1, 0.15) is 12.4 Å². The zero-order chi connectivity index (χ0) is 14.6. The molecule has 0 bridgehead atoms. The molecule has 0 saturated heterocycles. The normalized spacial score (nSPS) is 9.85. The van der Waals surface area contributed by atoms with E-state index < -0.39 is 0 Å². The number of ether oxygens (including phenoxy) is 2. The number of hydrogen-bond acceptors (Lipinski definition) is 4. The third-order valence-electron chi connectivity index (χ3n) is 2.46. The minimum absolute atomic E-state index is 0.0889. The highest BCUT2D eigenvalue weighted by atomic mass is 16.5. The molecule has 0 unspecified atom stereocenters. The Morgan fingerprint density at radius 1 is 1.35 bits per heavy atom. The first-order chi connectivity index (χ1) is 9.77. The third-order valence-corrected chi connectivity index (χ3v) is 2.46. The van der Waals surface area contributed by atoms with Crippen molar-refractivity contribution in [2.45, 2.75) is 6.92 Å². The zero-order valence-electron chi connectivity index (χ0n) is 11.9. The van der Waals surface area contributed by atoms with Gasteiger partial charge in [0.15, 0.2) is 0 Å². The maximum Gasteiger partial charge on any atom is 0.239 e. The molecule has 5 heteroatoms. The molecule has 1 rings (SSSR count). The number of rotatable bonds is 10. The number of amides is 1. The van der Waals surface area contributed by atoms with Crippen LogP contribution >= 0.6 is 0 Å². The van der Waals surface area contributed by atoms with Crippen LogP contribution in [0, 0.1) is 0 Å². The standard InChI is InChI=1S/C15H22N2O3/c1-3-9-16-15(18)12-17-13-7-5-6-8-14(13)20-11-10-19-4-2/h3,5-8,17H,1,4,9-12H2,2H3,(H,16,18). The topological polar surface area (TPSA) is 59.6 Å². The van der Waals surface area contributed by atoms with Crippen LogP contribution in [0.5, 0.6) is 5.75 Å². The summed E-state index contributed by atoms with van der Waals surface area (Å²) in [6, 6.07) is 7.51. The molecule has 0 fully saturated rings. The predicted molar refractivity (Wildman–Crippen MR) is 80.1 cm³/mol. The second-order valence-electron chi connectivity index (χ2n) is 3.99. The van der Waals surface area contributed by atoms with Gasteiger partial charge in [0.25, 0.3) is 0 Å². The molecule has 0 aromatic heterocycles. The molecule has 0 heterocycles. The van der Waals surface area contributed by atoms with E-state index in [2.05, 4.69) is 17.2 Å². The van der Waals surface area contributed by atoms with Gasteiger partial charge in [-0.15, -0.1) is 6.58 Å². The quantitative estimate of drug-likeness (QED) is 0.506. The lowest BCUT2D eigenvalue weighted by atomic mass is 10.3. The van der Waals surface area contributed by atoms with E-state index in [-0.39, 0.29) is 12.5 Å². The highest BCUT2D eigenvalue weighted by molar-refractivity contribution is 5.81. The minimum atomic E-state index is -0.0889. The Balaban J connectivity index is 2.44. The molecular weight excluding hydrogens is 256 g/mol. The molecule has 0 saturated carbocycles. The highest BCUT2D eigenvalue weighted by Crippen LogP contribution is 2.23. The summed E-state index contributed by atoms with van der Waals surface area (Å²) in [5.41, 5.74) is 0.790.